The van der Waals surface area contributed by atoms with Crippen LogP contribution in [0.4, 0.5) is 4.39 Å². The van der Waals surface area contributed by atoms with Gasteiger partial charge in [-0.2, -0.15) is 0 Å². The molecule has 0 spiro atoms. The number of benzene rings is 2. The summed E-state index contributed by atoms with van der Waals surface area (Å²) in [6, 6.07) is 15.2. The Labute approximate surface area is 136 Å². The quantitative estimate of drug-likeness (QED) is 0.830. The summed E-state index contributed by atoms with van der Waals surface area (Å²) >= 11 is 0. The van der Waals surface area contributed by atoms with Crippen LogP contribution in [0.25, 0.3) is 5.57 Å². The van der Waals surface area contributed by atoms with Gasteiger partial charge in [0.05, 0.1) is 0 Å². The van der Waals surface area contributed by atoms with Gasteiger partial charge in [-0.15, -0.1) is 0 Å². The van der Waals surface area contributed by atoms with Crippen LogP contribution in [0.3, 0.4) is 0 Å². The molecule has 1 fully saturated rings. The molecule has 2 nitrogen and oxygen atoms in total. The van der Waals surface area contributed by atoms with Gasteiger partial charge in [0, 0.05) is 0 Å². The predicted octanol–water partition coefficient (Wildman–Crippen LogP) is 5.12. The molecule has 0 saturated heterocycles. The van der Waals surface area contributed by atoms with Crippen LogP contribution in [0.5, 0.6) is 11.5 Å². The van der Waals surface area contributed by atoms with Crippen molar-refractivity contribution in [2.75, 3.05) is 13.3 Å². The SMILES string of the molecule is Oc1ccc(C(=C2CCCC2)c2ccc(OCCF)cc2)cc1. The molecule has 3 rings (SSSR count). The van der Waals surface area contributed by atoms with Crippen LogP contribution < -0.4 is 4.74 Å². The Balaban J connectivity index is 1.96. The molecule has 0 radical (unpaired) electrons. The second kappa shape index (κ2) is 7.32. The van der Waals surface area contributed by atoms with Gasteiger partial charge in [0.2, 0.25) is 0 Å². The second-order valence-corrected chi connectivity index (χ2v) is 5.79. The van der Waals surface area contributed by atoms with Crippen LogP contribution in [0.2, 0.25) is 0 Å². The molecule has 1 N–H and O–H groups in total. The summed E-state index contributed by atoms with van der Waals surface area (Å²) in [5, 5.41) is 9.53. The van der Waals surface area contributed by atoms with Crippen LogP contribution in [0.15, 0.2) is 54.1 Å². The molecule has 120 valence electrons. The Hall–Kier alpha value is -2.29. The summed E-state index contributed by atoms with van der Waals surface area (Å²) in [6.07, 6.45) is 4.70. The van der Waals surface area contributed by atoms with E-state index in [9.17, 15) is 9.50 Å². The third-order valence-electron chi connectivity index (χ3n) is 4.21. The van der Waals surface area contributed by atoms with E-state index in [1.54, 1.807) is 12.1 Å². The van der Waals surface area contributed by atoms with Gasteiger partial charge in [-0.25, -0.2) is 4.39 Å². The third-order valence-corrected chi connectivity index (χ3v) is 4.21. The van der Waals surface area contributed by atoms with Gasteiger partial charge in [-0.1, -0.05) is 29.8 Å². The number of phenols is 1. The van der Waals surface area contributed by atoms with Crippen molar-refractivity contribution < 1.29 is 14.2 Å². The molecule has 0 aromatic heterocycles. The molecular formula is C20H21FO2. The van der Waals surface area contributed by atoms with Gasteiger partial charge in [0.25, 0.3) is 0 Å². The predicted molar refractivity (Wildman–Crippen MR) is 90.5 cm³/mol. The number of phenolic OH excluding ortho intramolecular Hbond substituents is 1. The Morgan fingerprint density at radius 2 is 1.48 bits per heavy atom. The number of ether oxygens (including phenoxy) is 1. The van der Waals surface area contributed by atoms with Crippen molar-refractivity contribution in [3.8, 4) is 11.5 Å². The van der Waals surface area contributed by atoms with Crippen molar-refractivity contribution in [2.24, 2.45) is 0 Å². The van der Waals surface area contributed by atoms with Crippen LogP contribution >= 0.6 is 0 Å². The number of aromatic hydroxyl groups is 1. The van der Waals surface area contributed by atoms with E-state index in [0.29, 0.717) is 5.75 Å². The summed E-state index contributed by atoms with van der Waals surface area (Å²) in [6.45, 7) is -0.393. The minimum absolute atomic E-state index is 0.0885. The van der Waals surface area contributed by atoms with Crippen molar-refractivity contribution in [3.63, 3.8) is 0 Å². The average Bonchev–Trinajstić information content (AvgIpc) is 3.10. The lowest BCUT2D eigenvalue weighted by atomic mass is 9.92. The highest BCUT2D eigenvalue weighted by molar-refractivity contribution is 5.82. The number of rotatable bonds is 5. The fourth-order valence-electron chi connectivity index (χ4n) is 3.13. The van der Waals surface area contributed by atoms with Crippen LogP contribution in [-0.2, 0) is 0 Å². The largest absolute Gasteiger partial charge is 0.508 e. The molecular weight excluding hydrogens is 291 g/mol. The van der Waals surface area contributed by atoms with Gasteiger partial charge < -0.3 is 9.84 Å². The molecule has 2 aromatic carbocycles. The first-order valence-corrected chi connectivity index (χ1v) is 8.08. The number of hydrogen-bond donors (Lipinski definition) is 1. The highest BCUT2D eigenvalue weighted by Crippen LogP contribution is 2.36. The molecule has 0 aliphatic heterocycles. The van der Waals surface area contributed by atoms with Crippen molar-refractivity contribution >= 4 is 5.57 Å². The zero-order valence-electron chi connectivity index (χ0n) is 13.1. The van der Waals surface area contributed by atoms with Gasteiger partial charge in [-0.05, 0) is 66.6 Å². The maximum Gasteiger partial charge on any atom is 0.123 e. The molecule has 1 saturated carbocycles. The van der Waals surface area contributed by atoms with Crippen LogP contribution in [-0.4, -0.2) is 18.4 Å². The van der Waals surface area contributed by atoms with E-state index < -0.39 is 6.67 Å². The molecule has 0 atom stereocenters. The van der Waals surface area contributed by atoms with E-state index in [1.165, 1.54) is 24.0 Å². The molecule has 3 heteroatoms. The summed E-state index contributed by atoms with van der Waals surface area (Å²) in [5.74, 6) is 0.965. The molecule has 0 heterocycles. The molecule has 2 aromatic rings. The van der Waals surface area contributed by atoms with Crippen molar-refractivity contribution in [2.45, 2.75) is 25.7 Å². The van der Waals surface area contributed by atoms with Crippen molar-refractivity contribution in [3.05, 3.63) is 65.2 Å². The maximum absolute atomic E-state index is 12.2. The first kappa shape index (κ1) is 15.6. The molecule has 23 heavy (non-hydrogen) atoms. The Kier molecular flexibility index (Phi) is 4.96. The third kappa shape index (κ3) is 3.73. The lowest BCUT2D eigenvalue weighted by Crippen LogP contribution is -1.99. The normalized spacial score (nSPS) is 14.0. The number of allylic oxidation sites excluding steroid dienone is 1. The number of alkyl halides is 1. The Morgan fingerprint density at radius 3 is 2.04 bits per heavy atom. The maximum atomic E-state index is 12.2. The summed E-state index contributed by atoms with van der Waals surface area (Å²) in [7, 11) is 0. The topological polar surface area (TPSA) is 29.5 Å². The molecule has 0 bridgehead atoms. The summed E-state index contributed by atoms with van der Waals surface area (Å²) < 4.78 is 17.5. The van der Waals surface area contributed by atoms with E-state index in [2.05, 4.69) is 0 Å². The zero-order valence-corrected chi connectivity index (χ0v) is 13.1. The Bertz CT molecular complexity index is 664. The van der Waals surface area contributed by atoms with Crippen molar-refractivity contribution in [1.82, 2.24) is 0 Å². The molecule has 0 amide bonds. The first-order chi connectivity index (χ1) is 11.3. The van der Waals surface area contributed by atoms with E-state index in [0.717, 1.165) is 24.0 Å². The molecule has 1 aliphatic carbocycles. The highest BCUT2D eigenvalue weighted by Gasteiger charge is 2.16. The smallest absolute Gasteiger partial charge is 0.123 e. The minimum Gasteiger partial charge on any atom is -0.508 e. The number of hydrogen-bond acceptors (Lipinski definition) is 2. The number of halogens is 1. The lowest BCUT2D eigenvalue weighted by Gasteiger charge is -2.14. The van der Waals surface area contributed by atoms with E-state index in [-0.39, 0.29) is 12.4 Å². The fourth-order valence-corrected chi connectivity index (χ4v) is 3.13. The minimum atomic E-state index is -0.482. The van der Waals surface area contributed by atoms with E-state index >= 15 is 0 Å². The van der Waals surface area contributed by atoms with Gasteiger partial charge >= 0.3 is 0 Å². The van der Waals surface area contributed by atoms with Crippen LogP contribution in [0, 0.1) is 0 Å². The van der Waals surface area contributed by atoms with Crippen LogP contribution in [0.1, 0.15) is 36.8 Å². The second-order valence-electron chi connectivity index (χ2n) is 5.79. The fraction of sp³-hybridized carbons (Fsp3) is 0.300. The zero-order chi connectivity index (χ0) is 16.1. The summed E-state index contributed by atoms with van der Waals surface area (Å²) in [5.41, 5.74) is 4.98. The van der Waals surface area contributed by atoms with E-state index in [4.69, 9.17) is 4.74 Å². The first-order valence-electron chi connectivity index (χ1n) is 8.08. The van der Waals surface area contributed by atoms with E-state index in [1.807, 2.05) is 36.4 Å². The van der Waals surface area contributed by atoms with Crippen molar-refractivity contribution in [1.29, 1.82) is 0 Å². The van der Waals surface area contributed by atoms with Gasteiger partial charge in [-0.3, -0.25) is 0 Å². The molecule has 1 aliphatic rings. The summed E-state index contributed by atoms with van der Waals surface area (Å²) in [4.78, 5) is 0. The highest BCUT2D eigenvalue weighted by atomic mass is 19.1. The molecule has 0 unspecified atom stereocenters. The monoisotopic (exact) mass is 312 g/mol. The Morgan fingerprint density at radius 1 is 0.913 bits per heavy atom. The standard InChI is InChI=1S/C20H21FO2/c21-13-14-23-19-11-7-17(8-12-19)20(15-3-1-2-4-15)16-5-9-18(22)10-6-16/h5-12,22H,1-4,13-14H2. The lowest BCUT2D eigenvalue weighted by molar-refractivity contribution is 0.273. The average molecular weight is 312 g/mol. The van der Waals surface area contributed by atoms with Gasteiger partial charge in [0.15, 0.2) is 0 Å². The van der Waals surface area contributed by atoms with Gasteiger partial charge in [0.1, 0.15) is 24.8 Å².